The molecule has 1 aromatic carbocycles. The molecule has 1 atom stereocenters. The Labute approximate surface area is 112 Å². The Bertz CT molecular complexity index is 423. The summed E-state index contributed by atoms with van der Waals surface area (Å²) in [6.07, 6.45) is 6.18. The lowest BCUT2D eigenvalue weighted by atomic mass is 9.96. The maximum Gasteiger partial charge on any atom is 0.0547 e. The van der Waals surface area contributed by atoms with Gasteiger partial charge in [0, 0.05) is 4.47 Å². The van der Waals surface area contributed by atoms with Gasteiger partial charge in [0.2, 0.25) is 0 Å². The van der Waals surface area contributed by atoms with Crippen molar-refractivity contribution in [1.82, 2.24) is 5.32 Å². The number of rotatable bonds is 4. The van der Waals surface area contributed by atoms with E-state index in [9.17, 15) is 0 Å². The van der Waals surface area contributed by atoms with Crippen LogP contribution in [0.25, 0.3) is 0 Å². The minimum absolute atomic E-state index is 0.386. The molecule has 92 valence electrons. The van der Waals surface area contributed by atoms with Crippen molar-refractivity contribution in [1.29, 1.82) is 0 Å². The third-order valence-electron chi connectivity index (χ3n) is 3.39. The summed E-state index contributed by atoms with van der Waals surface area (Å²) in [5.74, 6) is 0. The second kappa shape index (κ2) is 5.83. The number of nitrogens with one attached hydrogen (secondary N) is 1. The van der Waals surface area contributed by atoms with E-state index in [-0.39, 0.29) is 0 Å². The van der Waals surface area contributed by atoms with Crippen molar-refractivity contribution in [2.24, 2.45) is 0 Å². The Kier molecular flexibility index (Phi) is 4.41. The summed E-state index contributed by atoms with van der Waals surface area (Å²) >= 11 is 3.73. The van der Waals surface area contributed by atoms with Gasteiger partial charge in [0.25, 0.3) is 0 Å². The van der Waals surface area contributed by atoms with E-state index in [1.54, 1.807) is 5.57 Å². The van der Waals surface area contributed by atoms with Crippen LogP contribution in [0.1, 0.15) is 43.4 Å². The van der Waals surface area contributed by atoms with Crippen molar-refractivity contribution in [3.63, 3.8) is 0 Å². The van der Waals surface area contributed by atoms with Crippen molar-refractivity contribution in [2.45, 2.75) is 39.2 Å². The molecule has 1 aliphatic rings. The van der Waals surface area contributed by atoms with Crippen molar-refractivity contribution in [3.05, 3.63) is 45.4 Å². The highest BCUT2D eigenvalue weighted by atomic mass is 79.9. The van der Waals surface area contributed by atoms with Crippen LogP contribution in [0.5, 0.6) is 0 Å². The molecule has 1 aliphatic carbocycles. The zero-order chi connectivity index (χ0) is 12.3. The fourth-order valence-corrected chi connectivity index (χ4v) is 2.99. The van der Waals surface area contributed by atoms with Crippen LogP contribution in [0.4, 0.5) is 0 Å². The smallest absolute Gasteiger partial charge is 0.0547 e. The molecule has 0 bridgehead atoms. The lowest BCUT2D eigenvalue weighted by Gasteiger charge is -2.22. The Morgan fingerprint density at radius 2 is 2.24 bits per heavy atom. The second-order valence-electron chi connectivity index (χ2n) is 4.64. The SMILES string of the molecule is CCNC(C1=CCCC1)c1cccc(C)c1Br. The van der Waals surface area contributed by atoms with Crippen molar-refractivity contribution >= 4 is 15.9 Å². The molecular formula is C15H20BrN. The van der Waals surface area contributed by atoms with Gasteiger partial charge in [0.05, 0.1) is 6.04 Å². The maximum absolute atomic E-state index is 3.73. The number of hydrogen-bond acceptors (Lipinski definition) is 1. The fraction of sp³-hybridized carbons (Fsp3) is 0.467. The molecule has 0 spiro atoms. The summed E-state index contributed by atoms with van der Waals surface area (Å²) in [6.45, 7) is 5.33. The molecule has 0 heterocycles. The average Bonchev–Trinajstić information content (AvgIpc) is 2.84. The van der Waals surface area contributed by atoms with Crippen LogP contribution in [0.15, 0.2) is 34.3 Å². The molecule has 0 fully saturated rings. The van der Waals surface area contributed by atoms with Gasteiger partial charge in [-0.3, -0.25) is 0 Å². The van der Waals surface area contributed by atoms with Gasteiger partial charge < -0.3 is 5.32 Å². The van der Waals surface area contributed by atoms with Crippen LogP contribution < -0.4 is 5.32 Å². The third kappa shape index (κ3) is 2.80. The van der Waals surface area contributed by atoms with E-state index in [0.29, 0.717) is 6.04 Å². The van der Waals surface area contributed by atoms with Crippen LogP contribution in [0, 0.1) is 6.92 Å². The first-order chi connectivity index (χ1) is 8.24. The molecule has 0 radical (unpaired) electrons. The van der Waals surface area contributed by atoms with Crippen molar-refractivity contribution in [3.8, 4) is 0 Å². The van der Waals surface area contributed by atoms with E-state index in [2.05, 4.69) is 59.4 Å². The van der Waals surface area contributed by atoms with Gasteiger partial charge in [-0.25, -0.2) is 0 Å². The Morgan fingerprint density at radius 3 is 2.88 bits per heavy atom. The molecule has 2 rings (SSSR count). The molecule has 0 aromatic heterocycles. The van der Waals surface area contributed by atoms with Crippen LogP contribution in [-0.4, -0.2) is 6.54 Å². The lowest BCUT2D eigenvalue weighted by molar-refractivity contribution is 0.603. The highest BCUT2D eigenvalue weighted by molar-refractivity contribution is 9.10. The first-order valence-electron chi connectivity index (χ1n) is 6.41. The highest BCUT2D eigenvalue weighted by Crippen LogP contribution is 2.35. The molecule has 1 aromatic rings. The molecule has 1 nitrogen and oxygen atoms in total. The molecule has 0 aliphatic heterocycles. The largest absolute Gasteiger partial charge is 0.307 e. The molecule has 1 N–H and O–H groups in total. The minimum Gasteiger partial charge on any atom is -0.307 e. The average molecular weight is 294 g/mol. The van der Waals surface area contributed by atoms with E-state index in [1.165, 1.54) is 34.9 Å². The summed E-state index contributed by atoms with van der Waals surface area (Å²) in [7, 11) is 0. The zero-order valence-corrected chi connectivity index (χ0v) is 12.2. The number of benzene rings is 1. The first-order valence-corrected chi connectivity index (χ1v) is 7.20. The standard InChI is InChI=1S/C15H20BrN/c1-3-17-15(12-8-4-5-9-12)13-10-6-7-11(2)14(13)16/h6-8,10,15,17H,3-5,9H2,1-2H3. The lowest BCUT2D eigenvalue weighted by Crippen LogP contribution is -2.22. The molecule has 0 saturated heterocycles. The van der Waals surface area contributed by atoms with Gasteiger partial charge in [-0.2, -0.15) is 0 Å². The summed E-state index contributed by atoms with van der Waals surface area (Å²) in [4.78, 5) is 0. The van der Waals surface area contributed by atoms with Gasteiger partial charge >= 0.3 is 0 Å². The van der Waals surface area contributed by atoms with Gasteiger partial charge in [-0.1, -0.05) is 52.7 Å². The number of likely N-dealkylation sites (N-methyl/N-ethyl adjacent to an activating group) is 1. The van der Waals surface area contributed by atoms with Gasteiger partial charge in [0.15, 0.2) is 0 Å². The number of halogens is 1. The summed E-state index contributed by atoms with van der Waals surface area (Å²) < 4.78 is 1.25. The van der Waals surface area contributed by atoms with Gasteiger partial charge in [0.1, 0.15) is 0 Å². The van der Waals surface area contributed by atoms with E-state index in [0.717, 1.165) is 6.54 Å². The van der Waals surface area contributed by atoms with Crippen LogP contribution >= 0.6 is 15.9 Å². The topological polar surface area (TPSA) is 12.0 Å². The van der Waals surface area contributed by atoms with E-state index in [4.69, 9.17) is 0 Å². The highest BCUT2D eigenvalue weighted by Gasteiger charge is 2.20. The van der Waals surface area contributed by atoms with Crippen LogP contribution in [0.3, 0.4) is 0 Å². The quantitative estimate of drug-likeness (QED) is 0.805. The second-order valence-corrected chi connectivity index (χ2v) is 5.43. The summed E-state index contributed by atoms with van der Waals surface area (Å²) in [6, 6.07) is 6.91. The first kappa shape index (κ1) is 12.8. The Hall–Kier alpha value is -0.600. The Morgan fingerprint density at radius 1 is 1.41 bits per heavy atom. The number of allylic oxidation sites excluding steroid dienone is 1. The molecule has 17 heavy (non-hydrogen) atoms. The van der Waals surface area contributed by atoms with Crippen LogP contribution in [0.2, 0.25) is 0 Å². The minimum atomic E-state index is 0.386. The summed E-state index contributed by atoms with van der Waals surface area (Å²) in [5, 5.41) is 3.61. The Balaban J connectivity index is 2.35. The van der Waals surface area contributed by atoms with Gasteiger partial charge in [-0.05, 0) is 43.9 Å². The third-order valence-corrected chi connectivity index (χ3v) is 4.47. The fourth-order valence-electron chi connectivity index (χ4n) is 2.50. The van der Waals surface area contributed by atoms with E-state index in [1.807, 2.05) is 0 Å². The van der Waals surface area contributed by atoms with Crippen molar-refractivity contribution in [2.75, 3.05) is 6.54 Å². The van der Waals surface area contributed by atoms with E-state index < -0.39 is 0 Å². The molecule has 0 amide bonds. The molecule has 2 heteroatoms. The molecule has 1 unspecified atom stereocenters. The number of aryl methyl sites for hydroxylation is 1. The predicted molar refractivity (Wildman–Crippen MR) is 77.2 cm³/mol. The summed E-state index contributed by atoms with van der Waals surface area (Å²) in [5.41, 5.74) is 4.24. The normalized spacial score (nSPS) is 17.0. The molecular weight excluding hydrogens is 274 g/mol. The zero-order valence-electron chi connectivity index (χ0n) is 10.6. The van der Waals surface area contributed by atoms with Crippen molar-refractivity contribution < 1.29 is 0 Å². The monoisotopic (exact) mass is 293 g/mol. The van der Waals surface area contributed by atoms with Crippen LogP contribution in [-0.2, 0) is 0 Å². The molecule has 0 saturated carbocycles. The predicted octanol–water partition coefficient (Wildman–Crippen LogP) is 4.52. The number of hydrogen-bond donors (Lipinski definition) is 1. The van der Waals surface area contributed by atoms with E-state index >= 15 is 0 Å². The maximum atomic E-state index is 3.73. The van der Waals surface area contributed by atoms with Gasteiger partial charge in [-0.15, -0.1) is 0 Å².